The molecule has 0 heterocycles. The number of rotatable bonds is 6. The summed E-state index contributed by atoms with van der Waals surface area (Å²) < 4.78 is 5.15. The SMILES string of the molecule is COc1ccc(CN(C)Cc2ccc(B(O)O)cc2)cc1. The summed E-state index contributed by atoms with van der Waals surface area (Å²) in [4.78, 5) is 2.20. The molecule has 2 N–H and O–H groups in total. The van der Waals surface area contributed by atoms with Crippen molar-refractivity contribution in [2.75, 3.05) is 14.2 Å². The molecule has 0 unspecified atom stereocenters. The van der Waals surface area contributed by atoms with Crippen LogP contribution in [0.4, 0.5) is 0 Å². The monoisotopic (exact) mass is 285 g/mol. The van der Waals surface area contributed by atoms with Crippen LogP contribution in [0.2, 0.25) is 0 Å². The van der Waals surface area contributed by atoms with Gasteiger partial charge in [0.15, 0.2) is 0 Å². The number of hydrogen-bond donors (Lipinski definition) is 2. The molecule has 0 radical (unpaired) electrons. The molecule has 0 bridgehead atoms. The highest BCUT2D eigenvalue weighted by Crippen LogP contribution is 2.13. The third kappa shape index (κ3) is 4.60. The van der Waals surface area contributed by atoms with E-state index in [1.807, 2.05) is 24.3 Å². The molecule has 0 amide bonds. The van der Waals surface area contributed by atoms with Crippen molar-refractivity contribution >= 4 is 12.6 Å². The summed E-state index contributed by atoms with van der Waals surface area (Å²) in [5, 5.41) is 18.1. The Morgan fingerprint density at radius 1 is 0.905 bits per heavy atom. The van der Waals surface area contributed by atoms with Gasteiger partial charge in [0, 0.05) is 13.1 Å². The van der Waals surface area contributed by atoms with Gasteiger partial charge in [-0.3, -0.25) is 4.90 Å². The largest absolute Gasteiger partial charge is 0.497 e. The van der Waals surface area contributed by atoms with Crippen LogP contribution in [0.5, 0.6) is 5.75 Å². The molecule has 0 saturated carbocycles. The van der Waals surface area contributed by atoms with Crippen molar-refractivity contribution in [3.63, 3.8) is 0 Å². The van der Waals surface area contributed by atoms with Crippen molar-refractivity contribution in [3.05, 3.63) is 59.7 Å². The van der Waals surface area contributed by atoms with Gasteiger partial charge in [0.25, 0.3) is 0 Å². The summed E-state index contributed by atoms with van der Waals surface area (Å²) in [6.45, 7) is 1.64. The average molecular weight is 285 g/mol. The van der Waals surface area contributed by atoms with Crippen LogP contribution < -0.4 is 10.2 Å². The van der Waals surface area contributed by atoms with Gasteiger partial charge in [-0.15, -0.1) is 0 Å². The van der Waals surface area contributed by atoms with Gasteiger partial charge in [0.2, 0.25) is 0 Å². The fourth-order valence-electron chi connectivity index (χ4n) is 2.21. The van der Waals surface area contributed by atoms with Gasteiger partial charge in [-0.1, -0.05) is 36.4 Å². The van der Waals surface area contributed by atoms with Crippen molar-refractivity contribution in [1.29, 1.82) is 0 Å². The van der Waals surface area contributed by atoms with Crippen LogP contribution in [0.25, 0.3) is 0 Å². The first-order valence-electron chi connectivity index (χ1n) is 6.85. The summed E-state index contributed by atoms with van der Waals surface area (Å²) >= 11 is 0. The Balaban J connectivity index is 1.92. The molecule has 5 heteroatoms. The molecule has 0 saturated heterocycles. The van der Waals surface area contributed by atoms with Gasteiger partial charge in [0.1, 0.15) is 5.75 Å². The van der Waals surface area contributed by atoms with E-state index in [2.05, 4.69) is 24.1 Å². The Morgan fingerprint density at radius 2 is 1.38 bits per heavy atom. The highest BCUT2D eigenvalue weighted by molar-refractivity contribution is 6.58. The zero-order chi connectivity index (χ0) is 15.2. The van der Waals surface area contributed by atoms with E-state index in [0.29, 0.717) is 5.46 Å². The van der Waals surface area contributed by atoms with Gasteiger partial charge in [-0.05, 0) is 35.8 Å². The van der Waals surface area contributed by atoms with E-state index in [0.717, 1.165) is 24.4 Å². The van der Waals surface area contributed by atoms with Crippen molar-refractivity contribution in [3.8, 4) is 5.75 Å². The number of ether oxygens (including phenoxy) is 1. The van der Waals surface area contributed by atoms with Crippen molar-refractivity contribution in [2.24, 2.45) is 0 Å². The molecule has 21 heavy (non-hydrogen) atoms. The standard InChI is InChI=1S/C16H20BNO3/c1-18(12-14-5-9-16(21-2)10-6-14)11-13-3-7-15(8-4-13)17(19)20/h3-10,19-20H,11-12H2,1-2H3. The maximum atomic E-state index is 9.07. The third-order valence-electron chi connectivity index (χ3n) is 3.34. The van der Waals surface area contributed by atoms with Crippen molar-refractivity contribution in [1.82, 2.24) is 4.90 Å². The molecular weight excluding hydrogens is 265 g/mol. The maximum absolute atomic E-state index is 9.07. The number of methoxy groups -OCH3 is 1. The Hall–Kier alpha value is -1.82. The molecule has 0 aliphatic carbocycles. The second-order valence-electron chi connectivity index (χ2n) is 5.14. The van der Waals surface area contributed by atoms with E-state index in [4.69, 9.17) is 14.8 Å². The first-order valence-corrected chi connectivity index (χ1v) is 6.85. The predicted octanol–water partition coefficient (Wildman–Crippen LogP) is 1.01. The lowest BCUT2D eigenvalue weighted by atomic mass is 9.80. The molecule has 0 spiro atoms. The van der Waals surface area contributed by atoms with Gasteiger partial charge in [-0.25, -0.2) is 0 Å². The number of hydrogen-bond acceptors (Lipinski definition) is 4. The fourth-order valence-corrected chi connectivity index (χ4v) is 2.21. The molecule has 0 aliphatic rings. The molecule has 2 rings (SSSR count). The zero-order valence-corrected chi connectivity index (χ0v) is 12.4. The molecule has 2 aromatic rings. The van der Waals surface area contributed by atoms with E-state index >= 15 is 0 Å². The quantitative estimate of drug-likeness (QED) is 0.778. The van der Waals surface area contributed by atoms with Crippen molar-refractivity contribution in [2.45, 2.75) is 13.1 Å². The van der Waals surface area contributed by atoms with E-state index in [1.54, 1.807) is 19.2 Å². The summed E-state index contributed by atoms with van der Waals surface area (Å²) in [7, 11) is 2.31. The Bertz CT molecular complexity index is 555. The summed E-state index contributed by atoms with van der Waals surface area (Å²) in [6, 6.07) is 15.3. The van der Waals surface area contributed by atoms with Crippen LogP contribution in [0.3, 0.4) is 0 Å². The van der Waals surface area contributed by atoms with Crippen molar-refractivity contribution < 1.29 is 14.8 Å². The van der Waals surface area contributed by atoms with Gasteiger partial charge >= 0.3 is 7.12 Å². The number of nitrogens with zero attached hydrogens (tertiary/aromatic N) is 1. The van der Waals surface area contributed by atoms with Crippen LogP contribution in [-0.4, -0.2) is 36.2 Å². The average Bonchev–Trinajstić information content (AvgIpc) is 2.48. The molecule has 0 aromatic heterocycles. The molecule has 0 aliphatic heterocycles. The van der Waals surface area contributed by atoms with E-state index in [-0.39, 0.29) is 0 Å². The zero-order valence-electron chi connectivity index (χ0n) is 12.4. The maximum Gasteiger partial charge on any atom is 0.488 e. The Labute approximate surface area is 125 Å². The minimum absolute atomic E-state index is 0.511. The minimum atomic E-state index is -1.41. The van der Waals surface area contributed by atoms with Crippen LogP contribution in [-0.2, 0) is 13.1 Å². The van der Waals surface area contributed by atoms with E-state index in [9.17, 15) is 0 Å². The smallest absolute Gasteiger partial charge is 0.488 e. The summed E-state index contributed by atoms with van der Waals surface area (Å²) in [5.74, 6) is 0.861. The summed E-state index contributed by atoms with van der Waals surface area (Å²) in [5.41, 5.74) is 2.87. The first kappa shape index (κ1) is 15.6. The topological polar surface area (TPSA) is 52.9 Å². The number of benzene rings is 2. The minimum Gasteiger partial charge on any atom is -0.497 e. The lowest BCUT2D eigenvalue weighted by Gasteiger charge is -2.17. The van der Waals surface area contributed by atoms with Gasteiger partial charge < -0.3 is 14.8 Å². The molecule has 2 aromatic carbocycles. The fraction of sp³-hybridized carbons (Fsp3) is 0.250. The Morgan fingerprint density at radius 3 is 1.81 bits per heavy atom. The molecular formula is C16H20BNO3. The lowest BCUT2D eigenvalue weighted by molar-refractivity contribution is 0.319. The van der Waals surface area contributed by atoms with Crippen LogP contribution in [0.15, 0.2) is 48.5 Å². The van der Waals surface area contributed by atoms with Crippen LogP contribution in [0, 0.1) is 0 Å². The van der Waals surface area contributed by atoms with E-state index in [1.165, 1.54) is 5.56 Å². The molecule has 110 valence electrons. The molecule has 0 atom stereocenters. The van der Waals surface area contributed by atoms with E-state index < -0.39 is 7.12 Å². The second kappa shape index (κ2) is 7.27. The molecule has 0 fully saturated rings. The predicted molar refractivity (Wildman–Crippen MR) is 84.4 cm³/mol. The normalized spacial score (nSPS) is 10.7. The van der Waals surface area contributed by atoms with Gasteiger partial charge in [-0.2, -0.15) is 0 Å². The van der Waals surface area contributed by atoms with Crippen LogP contribution >= 0.6 is 0 Å². The van der Waals surface area contributed by atoms with Crippen LogP contribution in [0.1, 0.15) is 11.1 Å². The highest BCUT2D eigenvalue weighted by Gasteiger charge is 2.10. The van der Waals surface area contributed by atoms with Gasteiger partial charge in [0.05, 0.1) is 7.11 Å². The highest BCUT2D eigenvalue weighted by atomic mass is 16.5. The first-order chi connectivity index (χ1) is 10.1. The molecule has 4 nitrogen and oxygen atoms in total. The second-order valence-corrected chi connectivity index (χ2v) is 5.14. The lowest BCUT2D eigenvalue weighted by Crippen LogP contribution is -2.29. The Kier molecular flexibility index (Phi) is 5.39. The third-order valence-corrected chi connectivity index (χ3v) is 3.34. The summed E-state index contributed by atoms with van der Waals surface area (Å²) in [6.07, 6.45) is 0.